The van der Waals surface area contributed by atoms with E-state index in [1.165, 1.54) is 11.8 Å². The van der Waals surface area contributed by atoms with Gasteiger partial charge in [0.05, 0.1) is 29.6 Å². The van der Waals surface area contributed by atoms with E-state index in [2.05, 4.69) is 15.5 Å². The molecular formula is C20H17N3O3S2. The number of thioether (sulfide) groups is 1. The van der Waals surface area contributed by atoms with Gasteiger partial charge in [0.15, 0.2) is 10.1 Å². The first-order chi connectivity index (χ1) is 13.7. The summed E-state index contributed by atoms with van der Waals surface area (Å²) < 4.78 is 12.5. The van der Waals surface area contributed by atoms with Crippen LogP contribution in [0.4, 0.5) is 0 Å². The number of fused-ring (bicyclic) bond motifs is 1. The lowest BCUT2D eigenvalue weighted by atomic mass is 10.1. The third-order valence-electron chi connectivity index (χ3n) is 4.00. The summed E-state index contributed by atoms with van der Waals surface area (Å²) in [7, 11) is 1.62. The predicted molar refractivity (Wildman–Crippen MR) is 111 cm³/mol. The predicted octanol–water partition coefficient (Wildman–Crippen LogP) is 4.37. The number of hydrogen-bond donors (Lipinski definition) is 1. The van der Waals surface area contributed by atoms with Gasteiger partial charge in [0.1, 0.15) is 11.4 Å². The Labute approximate surface area is 169 Å². The molecule has 0 atom stereocenters. The molecule has 0 fully saturated rings. The minimum atomic E-state index is -0.0711. The third-order valence-corrected chi connectivity index (χ3v) is 6.18. The third kappa shape index (κ3) is 4.35. The molecule has 2 aromatic heterocycles. The van der Waals surface area contributed by atoms with Crippen LogP contribution in [0.5, 0.6) is 5.75 Å². The van der Waals surface area contributed by atoms with Gasteiger partial charge >= 0.3 is 0 Å². The molecular weight excluding hydrogens is 394 g/mol. The maximum Gasteiger partial charge on any atom is 0.230 e. The van der Waals surface area contributed by atoms with Gasteiger partial charge in [0, 0.05) is 11.6 Å². The lowest BCUT2D eigenvalue weighted by Gasteiger charge is -2.01. The molecule has 0 radical (unpaired) electrons. The summed E-state index contributed by atoms with van der Waals surface area (Å²) in [4.78, 5) is 16.6. The Morgan fingerprint density at radius 3 is 2.82 bits per heavy atom. The van der Waals surface area contributed by atoms with Gasteiger partial charge in [-0.2, -0.15) is 0 Å². The van der Waals surface area contributed by atoms with Crippen LogP contribution in [0.25, 0.3) is 21.5 Å². The van der Waals surface area contributed by atoms with E-state index in [9.17, 15) is 4.79 Å². The van der Waals surface area contributed by atoms with Gasteiger partial charge in [-0.15, -0.1) is 11.3 Å². The van der Waals surface area contributed by atoms with Gasteiger partial charge in [0.25, 0.3) is 0 Å². The van der Waals surface area contributed by atoms with Crippen LogP contribution in [-0.4, -0.2) is 28.9 Å². The van der Waals surface area contributed by atoms with Crippen molar-refractivity contribution in [3.05, 3.63) is 60.3 Å². The summed E-state index contributed by atoms with van der Waals surface area (Å²) in [6, 6.07) is 17.3. The number of carbonyl (C=O) groups excluding carboxylic acids is 1. The van der Waals surface area contributed by atoms with Crippen LogP contribution in [0, 0.1) is 0 Å². The number of rotatable bonds is 7. The van der Waals surface area contributed by atoms with E-state index >= 15 is 0 Å². The molecule has 28 heavy (non-hydrogen) atoms. The van der Waals surface area contributed by atoms with Crippen molar-refractivity contribution in [2.24, 2.45) is 0 Å². The topological polar surface area (TPSA) is 77.2 Å². The molecule has 4 rings (SSSR count). The summed E-state index contributed by atoms with van der Waals surface area (Å²) in [5.74, 6) is 1.67. The first-order valence-corrected chi connectivity index (χ1v) is 10.4. The van der Waals surface area contributed by atoms with Crippen molar-refractivity contribution in [1.82, 2.24) is 15.5 Å². The second-order valence-electron chi connectivity index (χ2n) is 5.92. The molecule has 0 spiro atoms. The zero-order chi connectivity index (χ0) is 19.3. The Bertz CT molecular complexity index is 1060. The Hall–Kier alpha value is -2.84. The van der Waals surface area contributed by atoms with Crippen LogP contribution in [0.2, 0.25) is 0 Å². The highest BCUT2D eigenvalue weighted by atomic mass is 32.2. The molecule has 2 aromatic carbocycles. The van der Waals surface area contributed by atoms with Gasteiger partial charge in [-0.3, -0.25) is 4.79 Å². The summed E-state index contributed by atoms with van der Waals surface area (Å²) in [6.45, 7) is 0.318. The monoisotopic (exact) mass is 411 g/mol. The Kier molecular flexibility index (Phi) is 5.59. The Morgan fingerprint density at radius 1 is 1.21 bits per heavy atom. The van der Waals surface area contributed by atoms with Crippen LogP contribution >= 0.6 is 23.1 Å². The van der Waals surface area contributed by atoms with Crippen molar-refractivity contribution >= 4 is 39.2 Å². The molecule has 142 valence electrons. The zero-order valence-corrected chi connectivity index (χ0v) is 16.7. The minimum Gasteiger partial charge on any atom is -0.497 e. The minimum absolute atomic E-state index is 0.0711. The number of nitrogens with one attached hydrogen (secondary N) is 1. The Balaban J connectivity index is 1.29. The summed E-state index contributed by atoms with van der Waals surface area (Å²) >= 11 is 3.03. The molecule has 0 bridgehead atoms. The van der Waals surface area contributed by atoms with Crippen LogP contribution in [0.15, 0.2) is 63.5 Å². The van der Waals surface area contributed by atoms with Crippen LogP contribution in [0.3, 0.4) is 0 Å². The number of nitrogens with zero attached hydrogens (tertiary/aromatic N) is 2. The van der Waals surface area contributed by atoms with Crippen molar-refractivity contribution in [2.45, 2.75) is 10.9 Å². The van der Waals surface area contributed by atoms with Crippen LogP contribution < -0.4 is 10.1 Å². The fourth-order valence-corrected chi connectivity index (χ4v) is 4.47. The Morgan fingerprint density at radius 2 is 2.04 bits per heavy atom. The highest BCUT2D eigenvalue weighted by molar-refractivity contribution is 8.01. The molecule has 4 aromatic rings. The number of benzene rings is 2. The lowest BCUT2D eigenvalue weighted by Crippen LogP contribution is -2.24. The molecule has 0 unspecified atom stereocenters. The maximum atomic E-state index is 12.1. The average molecular weight is 412 g/mol. The second kappa shape index (κ2) is 8.45. The normalized spacial score (nSPS) is 10.9. The number of carbonyl (C=O) groups is 1. The van der Waals surface area contributed by atoms with Crippen molar-refractivity contribution in [2.75, 3.05) is 12.9 Å². The standard InChI is InChI=1S/C20H17N3O3S2/c1-25-15-8-6-13(7-9-15)17-10-14(23-26-17)11-21-19(24)12-27-20-22-16-4-2-3-5-18(16)28-20/h2-10H,11-12H2,1H3,(H,21,24). The lowest BCUT2D eigenvalue weighted by molar-refractivity contribution is -0.118. The number of methoxy groups -OCH3 is 1. The van der Waals surface area contributed by atoms with Gasteiger partial charge in [-0.05, 0) is 36.4 Å². The number of hydrogen-bond acceptors (Lipinski definition) is 7. The fourth-order valence-electron chi connectivity index (χ4n) is 2.57. The van der Waals surface area contributed by atoms with E-state index in [4.69, 9.17) is 9.26 Å². The molecule has 0 aliphatic carbocycles. The van der Waals surface area contributed by atoms with Crippen molar-refractivity contribution in [1.29, 1.82) is 0 Å². The van der Waals surface area contributed by atoms with Crippen molar-refractivity contribution in [3.63, 3.8) is 0 Å². The molecule has 6 nitrogen and oxygen atoms in total. The molecule has 0 saturated heterocycles. The van der Waals surface area contributed by atoms with Gasteiger partial charge in [0.2, 0.25) is 5.91 Å². The van der Waals surface area contributed by atoms with Crippen LogP contribution in [-0.2, 0) is 11.3 Å². The van der Waals surface area contributed by atoms with E-state index in [1.54, 1.807) is 18.4 Å². The largest absolute Gasteiger partial charge is 0.497 e. The van der Waals surface area contributed by atoms with E-state index in [0.717, 1.165) is 25.9 Å². The summed E-state index contributed by atoms with van der Waals surface area (Å²) in [5, 5.41) is 6.88. The number of amides is 1. The molecule has 8 heteroatoms. The van der Waals surface area contributed by atoms with Gasteiger partial charge < -0.3 is 14.6 Å². The van der Waals surface area contributed by atoms with Gasteiger partial charge in [-0.1, -0.05) is 29.1 Å². The maximum absolute atomic E-state index is 12.1. The molecule has 1 amide bonds. The molecule has 1 N–H and O–H groups in total. The first-order valence-electron chi connectivity index (χ1n) is 8.56. The molecule has 0 aliphatic heterocycles. The van der Waals surface area contributed by atoms with E-state index in [1.807, 2.05) is 54.6 Å². The SMILES string of the molecule is COc1ccc(-c2cc(CNC(=O)CSc3nc4ccccc4s3)no2)cc1. The zero-order valence-electron chi connectivity index (χ0n) is 15.0. The van der Waals surface area contributed by atoms with E-state index < -0.39 is 0 Å². The molecule has 0 saturated carbocycles. The smallest absolute Gasteiger partial charge is 0.230 e. The average Bonchev–Trinajstić information content (AvgIpc) is 3.37. The highest BCUT2D eigenvalue weighted by Gasteiger charge is 2.10. The number of para-hydroxylation sites is 1. The first kappa shape index (κ1) is 18.5. The fraction of sp³-hybridized carbons (Fsp3) is 0.150. The second-order valence-corrected chi connectivity index (χ2v) is 8.18. The highest BCUT2D eigenvalue weighted by Crippen LogP contribution is 2.29. The van der Waals surface area contributed by atoms with Crippen LogP contribution in [0.1, 0.15) is 5.69 Å². The van der Waals surface area contributed by atoms with Crippen molar-refractivity contribution in [3.8, 4) is 17.1 Å². The summed E-state index contributed by atoms with van der Waals surface area (Å²) in [5.41, 5.74) is 2.53. The van der Waals surface area contributed by atoms with Crippen molar-refractivity contribution < 1.29 is 14.1 Å². The number of ether oxygens (including phenoxy) is 1. The van der Waals surface area contributed by atoms with E-state index in [0.29, 0.717) is 23.8 Å². The number of thiazole rings is 1. The molecule has 0 aliphatic rings. The van der Waals surface area contributed by atoms with Gasteiger partial charge in [-0.25, -0.2) is 4.98 Å². The van der Waals surface area contributed by atoms with E-state index in [-0.39, 0.29) is 5.91 Å². The number of aromatic nitrogens is 2. The quantitative estimate of drug-likeness (QED) is 0.455. The molecule has 2 heterocycles. The summed E-state index contributed by atoms with van der Waals surface area (Å²) in [6.07, 6.45) is 0.